The van der Waals surface area contributed by atoms with Gasteiger partial charge in [-0.25, -0.2) is 0 Å². The van der Waals surface area contributed by atoms with Crippen molar-refractivity contribution in [1.82, 2.24) is 0 Å². The lowest BCUT2D eigenvalue weighted by molar-refractivity contribution is 0.407. The van der Waals surface area contributed by atoms with Crippen LogP contribution in [-0.4, -0.2) is 7.11 Å². The molecule has 4 heteroatoms. The first-order valence-electron chi connectivity index (χ1n) is 6.30. The highest BCUT2D eigenvalue weighted by Crippen LogP contribution is 2.35. The number of methoxy groups -OCH3 is 1. The average Bonchev–Trinajstić information content (AvgIpc) is 2.43. The Hall–Kier alpha value is -0.840. The molecule has 0 spiro atoms. The Bertz CT molecular complexity index is 641. The minimum Gasteiger partial charge on any atom is -0.496 e. The highest BCUT2D eigenvalue weighted by atomic mass is 79.9. The predicted octanol–water partition coefficient (Wildman–Crippen LogP) is 4.89. The average molecular weight is 399 g/mol. The van der Waals surface area contributed by atoms with Crippen LogP contribution in [0.2, 0.25) is 0 Å². The van der Waals surface area contributed by atoms with Crippen LogP contribution < -0.4 is 10.5 Å². The summed E-state index contributed by atoms with van der Waals surface area (Å²) < 4.78 is 7.59. The SMILES string of the molecule is COc1cc(C)c(Br)cc1C(N)c1cccc(Br)c1C. The molecule has 0 saturated heterocycles. The van der Waals surface area contributed by atoms with Gasteiger partial charge < -0.3 is 10.5 Å². The zero-order valence-electron chi connectivity index (χ0n) is 11.7. The van der Waals surface area contributed by atoms with Gasteiger partial charge in [0, 0.05) is 14.5 Å². The molecule has 0 radical (unpaired) electrons. The third kappa shape index (κ3) is 2.92. The summed E-state index contributed by atoms with van der Waals surface area (Å²) in [5, 5.41) is 0. The number of halogens is 2. The largest absolute Gasteiger partial charge is 0.496 e. The molecule has 0 aromatic heterocycles. The summed E-state index contributed by atoms with van der Waals surface area (Å²) in [6, 6.07) is 9.90. The van der Waals surface area contributed by atoms with Crippen LogP contribution in [0.3, 0.4) is 0 Å². The van der Waals surface area contributed by atoms with E-state index in [0.717, 1.165) is 36.9 Å². The number of hydrogen-bond donors (Lipinski definition) is 1. The Kier molecular flexibility index (Phi) is 4.89. The van der Waals surface area contributed by atoms with Gasteiger partial charge in [0.2, 0.25) is 0 Å². The number of rotatable bonds is 3. The molecule has 1 atom stereocenters. The Morgan fingerprint density at radius 1 is 1.05 bits per heavy atom. The molecule has 0 amide bonds. The predicted molar refractivity (Wildman–Crippen MR) is 90.3 cm³/mol. The van der Waals surface area contributed by atoms with Gasteiger partial charge in [0.15, 0.2) is 0 Å². The van der Waals surface area contributed by atoms with Gasteiger partial charge in [-0.1, -0.05) is 44.0 Å². The van der Waals surface area contributed by atoms with Crippen LogP contribution in [0.5, 0.6) is 5.75 Å². The first-order valence-corrected chi connectivity index (χ1v) is 7.89. The van der Waals surface area contributed by atoms with Crippen LogP contribution in [0.15, 0.2) is 39.3 Å². The monoisotopic (exact) mass is 397 g/mol. The Labute approximate surface area is 136 Å². The molecule has 2 rings (SSSR count). The molecule has 0 fully saturated rings. The first kappa shape index (κ1) is 15.5. The minimum atomic E-state index is -0.223. The van der Waals surface area contributed by atoms with Crippen LogP contribution in [0, 0.1) is 13.8 Å². The summed E-state index contributed by atoms with van der Waals surface area (Å²) in [4.78, 5) is 0. The van der Waals surface area contributed by atoms with E-state index in [0.29, 0.717) is 0 Å². The highest BCUT2D eigenvalue weighted by molar-refractivity contribution is 9.10. The van der Waals surface area contributed by atoms with Crippen molar-refractivity contribution >= 4 is 31.9 Å². The van der Waals surface area contributed by atoms with Gasteiger partial charge in [-0.3, -0.25) is 0 Å². The van der Waals surface area contributed by atoms with Crippen molar-refractivity contribution in [1.29, 1.82) is 0 Å². The number of nitrogens with two attached hydrogens (primary N) is 1. The lowest BCUT2D eigenvalue weighted by Crippen LogP contribution is -2.15. The van der Waals surface area contributed by atoms with Gasteiger partial charge in [-0.05, 0) is 48.7 Å². The van der Waals surface area contributed by atoms with E-state index < -0.39 is 0 Å². The highest BCUT2D eigenvalue weighted by Gasteiger charge is 2.18. The summed E-state index contributed by atoms with van der Waals surface area (Å²) in [6.07, 6.45) is 0. The fourth-order valence-electron chi connectivity index (χ4n) is 2.22. The molecule has 106 valence electrons. The van der Waals surface area contributed by atoms with Crippen LogP contribution in [0.25, 0.3) is 0 Å². The zero-order chi connectivity index (χ0) is 14.9. The third-order valence-corrected chi connectivity index (χ3v) is 5.20. The molecule has 2 aromatic carbocycles. The van der Waals surface area contributed by atoms with Crippen molar-refractivity contribution in [2.75, 3.05) is 7.11 Å². The number of hydrogen-bond acceptors (Lipinski definition) is 2. The minimum absolute atomic E-state index is 0.223. The maximum atomic E-state index is 6.46. The Morgan fingerprint density at radius 2 is 1.75 bits per heavy atom. The fraction of sp³-hybridized carbons (Fsp3) is 0.250. The van der Waals surface area contributed by atoms with Gasteiger partial charge >= 0.3 is 0 Å². The van der Waals surface area contributed by atoms with Crippen LogP contribution in [0.1, 0.15) is 28.3 Å². The van der Waals surface area contributed by atoms with E-state index in [1.165, 1.54) is 0 Å². The summed E-state index contributed by atoms with van der Waals surface area (Å²) in [5.74, 6) is 0.817. The van der Waals surface area contributed by atoms with Crippen molar-refractivity contribution in [3.05, 3.63) is 61.5 Å². The fourth-order valence-corrected chi connectivity index (χ4v) is 2.96. The standard InChI is InChI=1S/C16H17Br2NO/c1-9-7-15(20-3)12(8-14(9)18)16(19)11-5-4-6-13(17)10(11)2/h4-8,16H,19H2,1-3H3. The lowest BCUT2D eigenvalue weighted by atomic mass is 9.94. The van der Waals surface area contributed by atoms with Crippen LogP contribution in [0.4, 0.5) is 0 Å². The van der Waals surface area contributed by atoms with E-state index in [4.69, 9.17) is 10.5 Å². The molecule has 0 bridgehead atoms. The first-order chi connectivity index (χ1) is 9.45. The molecule has 2 nitrogen and oxygen atoms in total. The van der Waals surface area contributed by atoms with Crippen molar-refractivity contribution in [2.45, 2.75) is 19.9 Å². The molecular weight excluding hydrogens is 382 g/mol. The van der Waals surface area contributed by atoms with Crippen molar-refractivity contribution < 1.29 is 4.74 Å². The zero-order valence-corrected chi connectivity index (χ0v) is 14.9. The Balaban J connectivity index is 2.55. The van der Waals surface area contributed by atoms with Crippen molar-refractivity contribution in [2.24, 2.45) is 5.73 Å². The quantitative estimate of drug-likeness (QED) is 0.799. The van der Waals surface area contributed by atoms with Gasteiger partial charge in [-0.2, -0.15) is 0 Å². The smallest absolute Gasteiger partial charge is 0.124 e. The van der Waals surface area contributed by atoms with E-state index in [1.807, 2.05) is 31.2 Å². The maximum absolute atomic E-state index is 6.46. The summed E-state index contributed by atoms with van der Waals surface area (Å²) in [5.41, 5.74) is 10.8. The van der Waals surface area contributed by atoms with Crippen molar-refractivity contribution in [3.63, 3.8) is 0 Å². The second-order valence-corrected chi connectivity index (χ2v) is 6.48. The molecule has 0 aliphatic heterocycles. The summed E-state index contributed by atoms with van der Waals surface area (Å²) in [7, 11) is 1.67. The van der Waals surface area contributed by atoms with Crippen LogP contribution in [-0.2, 0) is 0 Å². The Morgan fingerprint density at radius 3 is 2.40 bits per heavy atom. The second kappa shape index (κ2) is 6.29. The number of ether oxygens (including phenoxy) is 1. The summed E-state index contributed by atoms with van der Waals surface area (Å²) in [6.45, 7) is 4.10. The molecule has 0 aliphatic rings. The molecule has 20 heavy (non-hydrogen) atoms. The molecule has 0 aliphatic carbocycles. The number of benzene rings is 2. The second-order valence-electron chi connectivity index (χ2n) is 4.78. The van der Waals surface area contributed by atoms with Gasteiger partial charge in [-0.15, -0.1) is 0 Å². The van der Waals surface area contributed by atoms with E-state index in [9.17, 15) is 0 Å². The molecule has 2 N–H and O–H groups in total. The van der Waals surface area contributed by atoms with E-state index >= 15 is 0 Å². The molecule has 0 saturated carbocycles. The molecule has 1 unspecified atom stereocenters. The number of aryl methyl sites for hydroxylation is 1. The summed E-state index contributed by atoms with van der Waals surface area (Å²) >= 11 is 7.12. The lowest BCUT2D eigenvalue weighted by Gasteiger charge is -2.20. The topological polar surface area (TPSA) is 35.2 Å². The van der Waals surface area contributed by atoms with Crippen LogP contribution >= 0.6 is 31.9 Å². The van der Waals surface area contributed by atoms with E-state index in [-0.39, 0.29) is 6.04 Å². The van der Waals surface area contributed by atoms with Gasteiger partial charge in [0.25, 0.3) is 0 Å². The van der Waals surface area contributed by atoms with E-state index in [1.54, 1.807) is 7.11 Å². The van der Waals surface area contributed by atoms with Gasteiger partial charge in [0.1, 0.15) is 5.75 Å². The van der Waals surface area contributed by atoms with E-state index in [2.05, 4.69) is 44.8 Å². The van der Waals surface area contributed by atoms with Crippen molar-refractivity contribution in [3.8, 4) is 5.75 Å². The maximum Gasteiger partial charge on any atom is 0.124 e. The van der Waals surface area contributed by atoms with Gasteiger partial charge in [0.05, 0.1) is 13.2 Å². The molecular formula is C16H17Br2NO. The normalized spacial score (nSPS) is 12.3. The third-order valence-electron chi connectivity index (χ3n) is 3.49. The molecule has 0 heterocycles. The molecule has 2 aromatic rings.